The molecule has 4 heteroatoms. The van der Waals surface area contributed by atoms with E-state index < -0.39 is 11.4 Å². The number of piperidine rings is 1. The van der Waals surface area contributed by atoms with Crippen LogP contribution in [-0.2, 0) is 9.53 Å². The largest absolute Gasteiger partial charge is 0.481 e. The molecule has 2 N–H and O–H groups in total. The van der Waals surface area contributed by atoms with Gasteiger partial charge in [-0.2, -0.15) is 0 Å². The molecule has 0 aromatic carbocycles. The van der Waals surface area contributed by atoms with Crippen LogP contribution in [0, 0.1) is 17.3 Å². The second-order valence-electron chi connectivity index (χ2n) is 3.64. The van der Waals surface area contributed by atoms with E-state index in [4.69, 9.17) is 9.84 Å². The van der Waals surface area contributed by atoms with Crippen LogP contribution in [0.3, 0.4) is 0 Å². The Morgan fingerprint density at radius 2 is 2.58 bits per heavy atom. The van der Waals surface area contributed by atoms with Crippen LogP contribution in [0.5, 0.6) is 0 Å². The van der Waals surface area contributed by atoms with Crippen molar-refractivity contribution in [3.05, 3.63) is 0 Å². The van der Waals surface area contributed by atoms with Gasteiger partial charge in [-0.3, -0.25) is 4.79 Å². The molecule has 3 unspecified atom stereocenters. The van der Waals surface area contributed by atoms with Crippen molar-refractivity contribution >= 4 is 5.97 Å². The first-order chi connectivity index (χ1) is 5.73. The number of aliphatic carboxylic acids is 1. The van der Waals surface area contributed by atoms with Crippen molar-refractivity contribution in [2.45, 2.75) is 0 Å². The maximum absolute atomic E-state index is 11.0. The molecule has 0 bridgehead atoms. The minimum absolute atomic E-state index is 0.237. The van der Waals surface area contributed by atoms with Gasteiger partial charge in [-0.1, -0.05) is 0 Å². The van der Waals surface area contributed by atoms with Crippen molar-refractivity contribution in [2.24, 2.45) is 17.3 Å². The van der Waals surface area contributed by atoms with E-state index in [0.29, 0.717) is 19.1 Å². The fourth-order valence-corrected chi connectivity index (χ4v) is 2.46. The molecule has 0 radical (unpaired) electrons. The third-order valence-corrected chi connectivity index (χ3v) is 3.23. The van der Waals surface area contributed by atoms with Gasteiger partial charge >= 0.3 is 5.97 Å². The fourth-order valence-electron chi connectivity index (χ4n) is 2.46. The molecule has 4 nitrogen and oxygen atoms in total. The van der Waals surface area contributed by atoms with Gasteiger partial charge in [0.25, 0.3) is 0 Å². The number of hydrogen-bond acceptors (Lipinski definition) is 3. The normalized spacial score (nSPS) is 44.1. The second-order valence-corrected chi connectivity index (χ2v) is 3.64. The summed E-state index contributed by atoms with van der Waals surface area (Å²) in [4.78, 5) is 11.0. The highest BCUT2D eigenvalue weighted by Crippen LogP contribution is 2.60. The van der Waals surface area contributed by atoms with E-state index >= 15 is 0 Å². The number of fused-ring (bicyclic) bond motifs is 1. The Kier molecular flexibility index (Phi) is 1.63. The highest BCUT2D eigenvalue weighted by molar-refractivity contribution is 5.80. The number of rotatable bonds is 3. The van der Waals surface area contributed by atoms with Gasteiger partial charge in [0, 0.05) is 19.6 Å². The second kappa shape index (κ2) is 2.44. The molecule has 2 rings (SSSR count). The molecule has 12 heavy (non-hydrogen) atoms. The summed E-state index contributed by atoms with van der Waals surface area (Å²) in [5.74, 6) is -0.129. The lowest BCUT2D eigenvalue weighted by molar-refractivity contribution is -0.143. The molecular formula is C8H13NO3. The molecule has 2 fully saturated rings. The predicted octanol–water partition coefficient (Wildman–Crippen LogP) is -0.447. The maximum atomic E-state index is 11.0. The van der Waals surface area contributed by atoms with E-state index in [1.807, 2.05) is 0 Å². The zero-order chi connectivity index (χ0) is 8.77. The predicted molar refractivity (Wildman–Crippen MR) is 41.8 cm³/mol. The smallest absolute Gasteiger partial charge is 0.311 e. The summed E-state index contributed by atoms with van der Waals surface area (Å²) >= 11 is 0. The van der Waals surface area contributed by atoms with Crippen LogP contribution in [0.2, 0.25) is 0 Å². The molecule has 1 saturated carbocycles. The molecule has 0 amide bonds. The molecular weight excluding hydrogens is 158 g/mol. The quantitative estimate of drug-likeness (QED) is 0.604. The molecule has 0 aromatic heterocycles. The molecule has 1 aliphatic heterocycles. The number of carboxylic acid groups (broad SMARTS) is 1. The number of methoxy groups -OCH3 is 1. The summed E-state index contributed by atoms with van der Waals surface area (Å²) in [6.45, 7) is 2.03. The van der Waals surface area contributed by atoms with Crippen molar-refractivity contribution in [1.82, 2.24) is 5.32 Å². The van der Waals surface area contributed by atoms with Crippen molar-refractivity contribution in [3.63, 3.8) is 0 Å². The highest BCUT2D eigenvalue weighted by atomic mass is 16.5. The molecule has 0 spiro atoms. The molecule has 68 valence electrons. The molecule has 3 atom stereocenters. The Morgan fingerprint density at radius 3 is 3.08 bits per heavy atom. The van der Waals surface area contributed by atoms with Crippen molar-refractivity contribution in [1.29, 1.82) is 0 Å². The summed E-state index contributed by atoms with van der Waals surface area (Å²) in [5, 5.41) is 12.1. The van der Waals surface area contributed by atoms with Gasteiger partial charge < -0.3 is 15.2 Å². The fraction of sp³-hybridized carbons (Fsp3) is 0.875. The van der Waals surface area contributed by atoms with Crippen LogP contribution < -0.4 is 5.32 Å². The average Bonchev–Trinajstić information content (AvgIpc) is 2.48. The molecule has 2 aliphatic rings. The maximum Gasteiger partial charge on any atom is 0.311 e. The van der Waals surface area contributed by atoms with E-state index in [-0.39, 0.29) is 5.92 Å². The van der Waals surface area contributed by atoms with E-state index in [2.05, 4.69) is 5.32 Å². The van der Waals surface area contributed by atoms with Gasteiger partial charge in [-0.15, -0.1) is 0 Å². The average molecular weight is 171 g/mol. The molecule has 1 aliphatic carbocycles. The number of nitrogens with one attached hydrogen (secondary N) is 1. The zero-order valence-corrected chi connectivity index (χ0v) is 7.04. The number of ether oxygens (including phenoxy) is 1. The monoisotopic (exact) mass is 171 g/mol. The van der Waals surface area contributed by atoms with Crippen molar-refractivity contribution in [2.75, 3.05) is 26.8 Å². The lowest BCUT2D eigenvalue weighted by atomic mass is 10.1. The zero-order valence-electron chi connectivity index (χ0n) is 7.04. The van der Waals surface area contributed by atoms with Gasteiger partial charge in [0.15, 0.2) is 0 Å². The number of hydrogen-bond donors (Lipinski definition) is 2. The lowest BCUT2D eigenvalue weighted by Gasteiger charge is -2.08. The first-order valence-corrected chi connectivity index (χ1v) is 4.16. The van der Waals surface area contributed by atoms with Crippen LogP contribution in [0.4, 0.5) is 0 Å². The summed E-state index contributed by atoms with van der Waals surface area (Å²) < 4.78 is 4.99. The summed E-state index contributed by atoms with van der Waals surface area (Å²) in [7, 11) is 1.62. The number of carbonyl (C=O) groups is 1. The van der Waals surface area contributed by atoms with E-state index in [0.717, 1.165) is 6.54 Å². The first-order valence-electron chi connectivity index (χ1n) is 4.16. The Labute approximate surface area is 70.9 Å². The minimum atomic E-state index is -0.667. The highest BCUT2D eigenvalue weighted by Gasteiger charge is 2.71. The molecule has 1 heterocycles. The topological polar surface area (TPSA) is 58.6 Å². The van der Waals surface area contributed by atoms with Gasteiger partial charge in [0.05, 0.1) is 12.0 Å². The van der Waals surface area contributed by atoms with Crippen LogP contribution in [0.15, 0.2) is 0 Å². The van der Waals surface area contributed by atoms with Crippen molar-refractivity contribution in [3.8, 4) is 0 Å². The first kappa shape index (κ1) is 8.01. The summed E-state index contributed by atoms with van der Waals surface area (Å²) in [6, 6.07) is 0. The van der Waals surface area contributed by atoms with E-state index in [1.165, 1.54) is 0 Å². The van der Waals surface area contributed by atoms with Crippen LogP contribution in [-0.4, -0.2) is 37.9 Å². The number of carboxylic acids is 1. The minimum Gasteiger partial charge on any atom is -0.481 e. The lowest BCUT2D eigenvalue weighted by Crippen LogP contribution is -2.28. The van der Waals surface area contributed by atoms with Crippen molar-refractivity contribution < 1.29 is 14.6 Å². The van der Waals surface area contributed by atoms with Gasteiger partial charge in [-0.25, -0.2) is 0 Å². The van der Waals surface area contributed by atoms with E-state index in [9.17, 15) is 4.79 Å². The third kappa shape index (κ3) is 0.765. The van der Waals surface area contributed by atoms with Crippen LogP contribution in [0.25, 0.3) is 0 Å². The standard InChI is InChI=1S/C8H13NO3/c1-12-3-6-5-2-9-4-8(5,6)7(10)11/h5-6,9H,2-4H2,1H3,(H,10,11). The molecule has 0 aromatic rings. The summed E-state index contributed by atoms with van der Waals surface area (Å²) in [5.41, 5.74) is -0.490. The van der Waals surface area contributed by atoms with E-state index in [1.54, 1.807) is 7.11 Å². The van der Waals surface area contributed by atoms with Gasteiger partial charge in [-0.05, 0) is 12.5 Å². The van der Waals surface area contributed by atoms with Crippen LogP contribution in [0.1, 0.15) is 0 Å². The Bertz CT molecular complexity index is 218. The SMILES string of the molecule is COCC1C2CNCC21C(=O)O. The van der Waals surface area contributed by atoms with Crippen LogP contribution >= 0.6 is 0 Å². The Balaban J connectivity index is 2.09. The third-order valence-electron chi connectivity index (χ3n) is 3.23. The Hall–Kier alpha value is -0.610. The summed E-state index contributed by atoms with van der Waals surface area (Å²) in [6.07, 6.45) is 0. The Morgan fingerprint density at radius 1 is 1.83 bits per heavy atom. The van der Waals surface area contributed by atoms with Gasteiger partial charge in [0.1, 0.15) is 0 Å². The van der Waals surface area contributed by atoms with Gasteiger partial charge in [0.2, 0.25) is 0 Å². The molecule has 1 saturated heterocycles.